The Balaban J connectivity index is 1.83. The van der Waals surface area contributed by atoms with E-state index in [9.17, 15) is 4.79 Å². The number of nitrogens with zero attached hydrogens (tertiary/aromatic N) is 2. The minimum Gasteiger partial charge on any atom is -0.396 e. The lowest BCUT2D eigenvalue weighted by molar-refractivity contribution is -0.127. The molecule has 0 spiro atoms. The van der Waals surface area contributed by atoms with E-state index in [0.717, 1.165) is 18.7 Å². The first-order chi connectivity index (χ1) is 7.29. The van der Waals surface area contributed by atoms with Gasteiger partial charge in [-0.15, -0.1) is 11.3 Å². The van der Waals surface area contributed by atoms with Crippen LogP contribution in [0.5, 0.6) is 0 Å². The second kappa shape index (κ2) is 4.72. The number of thiazole rings is 1. The van der Waals surface area contributed by atoms with Crippen LogP contribution in [-0.4, -0.2) is 40.6 Å². The van der Waals surface area contributed by atoms with E-state index in [-0.39, 0.29) is 18.4 Å². The monoisotopic (exact) mass is 226 g/mol. The number of aliphatic hydroxyl groups is 1. The minimum atomic E-state index is 0.110. The van der Waals surface area contributed by atoms with E-state index in [2.05, 4.69) is 4.98 Å². The Morgan fingerprint density at radius 1 is 1.67 bits per heavy atom. The second-order valence-electron chi connectivity index (χ2n) is 3.82. The Hall–Kier alpha value is -0.940. The van der Waals surface area contributed by atoms with Gasteiger partial charge in [-0.2, -0.15) is 0 Å². The molecule has 1 aliphatic heterocycles. The molecule has 5 heteroatoms. The van der Waals surface area contributed by atoms with E-state index >= 15 is 0 Å². The molecule has 1 atom stereocenters. The van der Waals surface area contributed by atoms with Gasteiger partial charge in [0.1, 0.15) is 0 Å². The van der Waals surface area contributed by atoms with E-state index in [1.807, 2.05) is 10.3 Å². The molecule has 15 heavy (non-hydrogen) atoms. The van der Waals surface area contributed by atoms with Gasteiger partial charge in [-0.25, -0.2) is 4.98 Å². The summed E-state index contributed by atoms with van der Waals surface area (Å²) < 4.78 is 0. The predicted molar refractivity (Wildman–Crippen MR) is 57.6 cm³/mol. The molecule has 1 fully saturated rings. The van der Waals surface area contributed by atoms with E-state index in [0.29, 0.717) is 13.0 Å². The molecule has 1 aromatic rings. The maximum absolute atomic E-state index is 11.5. The summed E-state index contributed by atoms with van der Waals surface area (Å²) in [4.78, 5) is 17.5. The molecule has 0 radical (unpaired) electrons. The van der Waals surface area contributed by atoms with Crippen LogP contribution in [0.15, 0.2) is 10.9 Å². The number of likely N-dealkylation sites (tertiary alicyclic amines) is 1. The van der Waals surface area contributed by atoms with Gasteiger partial charge in [-0.1, -0.05) is 0 Å². The largest absolute Gasteiger partial charge is 0.396 e. The molecule has 1 amide bonds. The molecule has 0 bridgehead atoms. The van der Waals surface area contributed by atoms with Crippen molar-refractivity contribution < 1.29 is 9.90 Å². The number of rotatable bonds is 4. The Kier molecular flexibility index (Phi) is 3.33. The maximum Gasteiger partial charge on any atom is 0.223 e. The Labute approximate surface area is 92.6 Å². The van der Waals surface area contributed by atoms with Crippen LogP contribution in [0.3, 0.4) is 0 Å². The molecular weight excluding hydrogens is 212 g/mol. The molecule has 0 saturated carbocycles. The first-order valence-corrected chi connectivity index (χ1v) is 5.99. The van der Waals surface area contributed by atoms with Crippen molar-refractivity contribution in [1.82, 2.24) is 9.88 Å². The summed E-state index contributed by atoms with van der Waals surface area (Å²) in [5.74, 6) is 0.289. The third kappa shape index (κ3) is 2.54. The Morgan fingerprint density at radius 3 is 3.13 bits per heavy atom. The van der Waals surface area contributed by atoms with Crippen LogP contribution < -0.4 is 0 Å². The minimum absolute atomic E-state index is 0.110. The van der Waals surface area contributed by atoms with Crippen molar-refractivity contribution in [2.45, 2.75) is 12.8 Å². The number of aliphatic hydroxyl groups excluding tert-OH is 1. The normalized spacial score (nSPS) is 21.3. The topological polar surface area (TPSA) is 53.4 Å². The molecule has 1 unspecified atom stereocenters. The summed E-state index contributed by atoms with van der Waals surface area (Å²) in [5, 5.41) is 11.0. The number of carbonyl (C=O) groups excluding carboxylic acids is 1. The van der Waals surface area contributed by atoms with Gasteiger partial charge in [0.2, 0.25) is 5.91 Å². The summed E-state index contributed by atoms with van der Waals surface area (Å²) in [6.07, 6.45) is 1.31. The highest BCUT2D eigenvalue weighted by atomic mass is 32.1. The number of aromatic nitrogens is 1. The number of hydrogen-bond donors (Lipinski definition) is 1. The zero-order valence-corrected chi connectivity index (χ0v) is 9.24. The zero-order chi connectivity index (χ0) is 10.7. The SMILES string of the molecule is O=C1CC(CO)CN1CCc1cscn1. The van der Waals surface area contributed by atoms with Crippen LogP contribution in [0.1, 0.15) is 12.1 Å². The summed E-state index contributed by atoms with van der Waals surface area (Å²) in [7, 11) is 0. The molecule has 82 valence electrons. The molecule has 1 N–H and O–H groups in total. The fourth-order valence-electron chi connectivity index (χ4n) is 1.80. The highest BCUT2D eigenvalue weighted by Gasteiger charge is 2.28. The molecule has 4 nitrogen and oxygen atoms in total. The third-order valence-electron chi connectivity index (χ3n) is 2.67. The van der Waals surface area contributed by atoms with Gasteiger partial charge in [0, 0.05) is 43.8 Å². The highest BCUT2D eigenvalue weighted by Crippen LogP contribution is 2.17. The van der Waals surface area contributed by atoms with Crippen molar-refractivity contribution >= 4 is 17.2 Å². The van der Waals surface area contributed by atoms with Gasteiger partial charge >= 0.3 is 0 Å². The van der Waals surface area contributed by atoms with E-state index in [4.69, 9.17) is 5.11 Å². The maximum atomic E-state index is 11.5. The lowest BCUT2D eigenvalue weighted by Crippen LogP contribution is -2.27. The van der Waals surface area contributed by atoms with Crippen molar-refractivity contribution in [3.63, 3.8) is 0 Å². The molecule has 2 rings (SSSR count). The average molecular weight is 226 g/mol. The quantitative estimate of drug-likeness (QED) is 0.814. The lowest BCUT2D eigenvalue weighted by atomic mass is 10.1. The number of hydrogen-bond acceptors (Lipinski definition) is 4. The van der Waals surface area contributed by atoms with Gasteiger partial charge in [0.15, 0.2) is 0 Å². The van der Waals surface area contributed by atoms with Crippen molar-refractivity contribution in [3.05, 3.63) is 16.6 Å². The standard InChI is InChI=1S/C10H14N2O2S/c13-5-8-3-10(14)12(4-8)2-1-9-6-15-7-11-9/h6-8,13H,1-5H2. The van der Waals surface area contributed by atoms with Crippen molar-refractivity contribution in [1.29, 1.82) is 0 Å². The number of amides is 1. The summed E-state index contributed by atoms with van der Waals surface area (Å²) in [6, 6.07) is 0. The van der Waals surface area contributed by atoms with Crippen LogP contribution in [0.4, 0.5) is 0 Å². The molecular formula is C10H14N2O2S. The van der Waals surface area contributed by atoms with Gasteiger partial charge < -0.3 is 10.0 Å². The van der Waals surface area contributed by atoms with Crippen LogP contribution in [0.2, 0.25) is 0 Å². The Morgan fingerprint density at radius 2 is 2.53 bits per heavy atom. The fraction of sp³-hybridized carbons (Fsp3) is 0.600. The Bertz CT molecular complexity index is 326. The summed E-state index contributed by atoms with van der Waals surface area (Å²) >= 11 is 1.57. The molecule has 2 heterocycles. The number of carbonyl (C=O) groups is 1. The lowest BCUT2D eigenvalue weighted by Gasteiger charge is -2.15. The molecule has 1 aliphatic rings. The molecule has 0 aromatic carbocycles. The van der Waals surface area contributed by atoms with E-state index in [1.54, 1.807) is 16.8 Å². The average Bonchev–Trinajstić information content (AvgIpc) is 2.84. The van der Waals surface area contributed by atoms with Crippen LogP contribution >= 0.6 is 11.3 Å². The summed E-state index contributed by atoms with van der Waals surface area (Å²) in [6.45, 7) is 1.53. The molecule has 0 aliphatic carbocycles. The van der Waals surface area contributed by atoms with E-state index in [1.165, 1.54) is 0 Å². The summed E-state index contributed by atoms with van der Waals surface area (Å²) in [5.41, 5.74) is 2.85. The van der Waals surface area contributed by atoms with Gasteiger partial charge in [0.05, 0.1) is 11.2 Å². The highest BCUT2D eigenvalue weighted by molar-refractivity contribution is 7.07. The van der Waals surface area contributed by atoms with Crippen LogP contribution in [0.25, 0.3) is 0 Å². The molecule has 1 aromatic heterocycles. The van der Waals surface area contributed by atoms with Crippen molar-refractivity contribution in [3.8, 4) is 0 Å². The first kappa shape index (κ1) is 10.6. The van der Waals surface area contributed by atoms with Crippen molar-refractivity contribution in [2.24, 2.45) is 5.92 Å². The second-order valence-corrected chi connectivity index (χ2v) is 4.54. The molecule has 1 saturated heterocycles. The van der Waals surface area contributed by atoms with Crippen LogP contribution in [0, 0.1) is 5.92 Å². The van der Waals surface area contributed by atoms with Gasteiger partial charge in [-0.3, -0.25) is 4.79 Å². The zero-order valence-electron chi connectivity index (χ0n) is 8.43. The first-order valence-electron chi connectivity index (χ1n) is 5.05. The van der Waals surface area contributed by atoms with Crippen LogP contribution in [-0.2, 0) is 11.2 Å². The van der Waals surface area contributed by atoms with Gasteiger partial charge in [-0.05, 0) is 0 Å². The third-order valence-corrected chi connectivity index (χ3v) is 3.31. The van der Waals surface area contributed by atoms with E-state index < -0.39 is 0 Å². The fourth-order valence-corrected chi connectivity index (χ4v) is 2.40. The van der Waals surface area contributed by atoms with Crippen molar-refractivity contribution in [2.75, 3.05) is 19.7 Å². The predicted octanol–water partition coefficient (Wildman–Crippen LogP) is 0.526. The smallest absolute Gasteiger partial charge is 0.223 e. The van der Waals surface area contributed by atoms with Gasteiger partial charge in [0.25, 0.3) is 0 Å².